The lowest BCUT2D eigenvalue weighted by atomic mass is 9.44. The van der Waals surface area contributed by atoms with E-state index in [9.17, 15) is 15.0 Å². The number of hydrogen-bond donors (Lipinski definition) is 2. The van der Waals surface area contributed by atoms with Crippen molar-refractivity contribution in [1.29, 1.82) is 0 Å². The number of methoxy groups -OCH3 is 1. The van der Waals surface area contributed by atoms with Gasteiger partial charge >= 0.3 is 5.97 Å². The maximum absolute atomic E-state index is 12.6. The van der Waals surface area contributed by atoms with E-state index < -0.39 is 23.0 Å². The van der Waals surface area contributed by atoms with Crippen LogP contribution in [0, 0.1) is 28.1 Å². The Hall–Kier alpha value is -1.13. The predicted molar refractivity (Wildman–Crippen MR) is 96.7 cm³/mol. The first-order valence-electron chi connectivity index (χ1n) is 9.43. The van der Waals surface area contributed by atoms with Gasteiger partial charge in [-0.15, -0.1) is 6.58 Å². The number of aliphatic hydroxyl groups excluding tert-OH is 2. The molecule has 0 radical (unpaired) electrons. The summed E-state index contributed by atoms with van der Waals surface area (Å²) in [5.41, 5.74) is -0.162. The third kappa shape index (κ3) is 2.52. The zero-order chi connectivity index (χ0) is 18.6. The molecule has 0 amide bonds. The van der Waals surface area contributed by atoms with Gasteiger partial charge in [-0.25, -0.2) is 0 Å². The van der Waals surface area contributed by atoms with Gasteiger partial charge in [-0.3, -0.25) is 4.79 Å². The highest BCUT2D eigenvalue weighted by molar-refractivity contribution is 5.77. The molecule has 25 heavy (non-hydrogen) atoms. The number of aliphatic hydroxyl groups is 2. The highest BCUT2D eigenvalue weighted by atomic mass is 16.5. The lowest BCUT2D eigenvalue weighted by Crippen LogP contribution is -2.58. The standard InChI is InChI=1S/C21H32O4/c1-6-19(2)12-13-14(10-17(19)23)20(3)8-7-9-21(4,18(24)25-5)16(20)11-15(13)22/h6,12,14-17,22-23H,1,7-11H2,2-5H3. The lowest BCUT2D eigenvalue weighted by molar-refractivity contribution is -0.172. The fraction of sp³-hybridized carbons (Fsp3) is 0.762. The molecule has 4 heteroatoms. The summed E-state index contributed by atoms with van der Waals surface area (Å²) >= 11 is 0. The van der Waals surface area contributed by atoms with Crippen LogP contribution in [0.3, 0.4) is 0 Å². The summed E-state index contributed by atoms with van der Waals surface area (Å²) < 4.78 is 5.13. The van der Waals surface area contributed by atoms with Crippen molar-refractivity contribution in [1.82, 2.24) is 0 Å². The predicted octanol–water partition coefficient (Wildman–Crippen LogP) is 3.24. The van der Waals surface area contributed by atoms with Crippen LogP contribution in [0.2, 0.25) is 0 Å². The SMILES string of the molecule is C=CC1(C)C=C2C(O)CC3C(C)(C(=O)OC)CCCC3(C)C2CC1O. The summed E-state index contributed by atoms with van der Waals surface area (Å²) in [5.74, 6) is -0.0254. The van der Waals surface area contributed by atoms with Gasteiger partial charge in [0.05, 0.1) is 24.7 Å². The fourth-order valence-corrected chi connectivity index (χ4v) is 6.04. The fourth-order valence-electron chi connectivity index (χ4n) is 6.04. The molecule has 0 aromatic heterocycles. The molecular weight excluding hydrogens is 316 g/mol. The molecule has 0 spiro atoms. The summed E-state index contributed by atoms with van der Waals surface area (Å²) in [5, 5.41) is 21.7. The van der Waals surface area contributed by atoms with Crippen LogP contribution in [0.5, 0.6) is 0 Å². The van der Waals surface area contributed by atoms with E-state index in [1.165, 1.54) is 7.11 Å². The second-order valence-corrected chi connectivity index (χ2v) is 9.09. The lowest BCUT2D eigenvalue weighted by Gasteiger charge is -2.60. The van der Waals surface area contributed by atoms with Crippen LogP contribution in [-0.2, 0) is 9.53 Å². The molecule has 0 aromatic rings. The molecule has 7 unspecified atom stereocenters. The Balaban J connectivity index is 2.07. The molecule has 3 rings (SSSR count). The van der Waals surface area contributed by atoms with Crippen LogP contribution in [-0.4, -0.2) is 35.5 Å². The third-order valence-corrected chi connectivity index (χ3v) is 7.77. The van der Waals surface area contributed by atoms with Crippen molar-refractivity contribution in [2.75, 3.05) is 7.11 Å². The van der Waals surface area contributed by atoms with Crippen LogP contribution in [0.15, 0.2) is 24.3 Å². The summed E-state index contributed by atoms with van der Waals surface area (Å²) in [6.45, 7) is 10.1. The summed E-state index contributed by atoms with van der Waals surface area (Å²) in [7, 11) is 1.45. The first kappa shape index (κ1) is 18.7. The van der Waals surface area contributed by atoms with Crippen LogP contribution in [0.25, 0.3) is 0 Å². The van der Waals surface area contributed by atoms with E-state index in [1.807, 2.05) is 19.9 Å². The van der Waals surface area contributed by atoms with Crippen LogP contribution < -0.4 is 0 Å². The van der Waals surface area contributed by atoms with Gasteiger partial charge in [0.1, 0.15) is 0 Å². The summed E-state index contributed by atoms with van der Waals surface area (Å²) in [6.07, 6.45) is 6.68. The van der Waals surface area contributed by atoms with Gasteiger partial charge < -0.3 is 14.9 Å². The van der Waals surface area contributed by atoms with Gasteiger partial charge in [0, 0.05) is 5.41 Å². The Bertz CT molecular complexity index is 611. The summed E-state index contributed by atoms with van der Waals surface area (Å²) in [4.78, 5) is 12.6. The van der Waals surface area contributed by atoms with Crippen LogP contribution >= 0.6 is 0 Å². The number of carbonyl (C=O) groups excluding carboxylic acids is 1. The van der Waals surface area contributed by atoms with Gasteiger partial charge in [0.25, 0.3) is 0 Å². The Morgan fingerprint density at radius 3 is 2.56 bits per heavy atom. The van der Waals surface area contributed by atoms with E-state index in [2.05, 4.69) is 13.5 Å². The Morgan fingerprint density at radius 1 is 1.28 bits per heavy atom. The number of hydrogen-bond acceptors (Lipinski definition) is 4. The summed E-state index contributed by atoms with van der Waals surface area (Å²) in [6, 6.07) is 0. The Kier molecular flexibility index (Phi) is 4.44. The number of rotatable bonds is 2. The largest absolute Gasteiger partial charge is 0.469 e. The minimum atomic E-state index is -0.572. The molecule has 0 heterocycles. The van der Waals surface area contributed by atoms with Crippen molar-refractivity contribution in [2.45, 2.75) is 65.1 Å². The molecule has 0 bridgehead atoms. The van der Waals surface area contributed by atoms with Crippen LogP contribution in [0.4, 0.5) is 0 Å². The minimum absolute atomic E-state index is 0.0543. The smallest absolute Gasteiger partial charge is 0.311 e. The van der Waals surface area contributed by atoms with E-state index in [0.29, 0.717) is 12.8 Å². The molecule has 0 aliphatic heterocycles. The topological polar surface area (TPSA) is 66.8 Å². The highest BCUT2D eigenvalue weighted by Gasteiger charge is 2.61. The maximum Gasteiger partial charge on any atom is 0.311 e. The van der Waals surface area contributed by atoms with Gasteiger partial charge in [-0.05, 0) is 55.4 Å². The molecule has 7 atom stereocenters. The van der Waals surface area contributed by atoms with E-state index in [0.717, 1.165) is 24.8 Å². The first-order valence-corrected chi connectivity index (χ1v) is 9.43. The van der Waals surface area contributed by atoms with E-state index >= 15 is 0 Å². The monoisotopic (exact) mass is 348 g/mol. The van der Waals surface area contributed by atoms with Crippen LogP contribution in [0.1, 0.15) is 52.9 Å². The Morgan fingerprint density at radius 2 is 1.96 bits per heavy atom. The van der Waals surface area contributed by atoms with E-state index in [-0.39, 0.29) is 23.2 Å². The van der Waals surface area contributed by atoms with Crippen molar-refractivity contribution < 1.29 is 19.7 Å². The van der Waals surface area contributed by atoms with Gasteiger partial charge in [0.15, 0.2) is 0 Å². The second-order valence-electron chi connectivity index (χ2n) is 9.09. The average molecular weight is 348 g/mol. The molecule has 0 aromatic carbocycles. The molecule has 4 nitrogen and oxygen atoms in total. The van der Waals surface area contributed by atoms with Gasteiger partial charge in [0.2, 0.25) is 0 Å². The second kappa shape index (κ2) is 5.95. The molecule has 3 aliphatic rings. The highest BCUT2D eigenvalue weighted by Crippen LogP contribution is 2.64. The molecule has 2 fully saturated rings. The molecule has 140 valence electrons. The molecular formula is C21H32O4. The average Bonchev–Trinajstić information content (AvgIpc) is 2.58. The van der Waals surface area contributed by atoms with Crippen molar-refractivity contribution in [3.63, 3.8) is 0 Å². The molecule has 3 aliphatic carbocycles. The third-order valence-electron chi connectivity index (χ3n) is 7.77. The quantitative estimate of drug-likeness (QED) is 0.594. The van der Waals surface area contributed by atoms with Crippen molar-refractivity contribution >= 4 is 5.97 Å². The first-order chi connectivity index (χ1) is 11.6. The van der Waals surface area contributed by atoms with Gasteiger partial charge in [-0.2, -0.15) is 0 Å². The molecule has 2 N–H and O–H groups in total. The number of fused-ring (bicyclic) bond motifs is 3. The number of ether oxygens (including phenoxy) is 1. The molecule has 2 saturated carbocycles. The molecule has 0 saturated heterocycles. The van der Waals surface area contributed by atoms with E-state index in [1.54, 1.807) is 6.08 Å². The van der Waals surface area contributed by atoms with Crippen molar-refractivity contribution in [2.24, 2.45) is 28.1 Å². The van der Waals surface area contributed by atoms with Crippen molar-refractivity contribution in [3.8, 4) is 0 Å². The van der Waals surface area contributed by atoms with Crippen molar-refractivity contribution in [3.05, 3.63) is 24.3 Å². The minimum Gasteiger partial charge on any atom is -0.469 e. The number of carbonyl (C=O) groups is 1. The normalized spacial score (nSPS) is 49.4. The maximum atomic E-state index is 12.6. The number of esters is 1. The zero-order valence-electron chi connectivity index (χ0n) is 15.9. The van der Waals surface area contributed by atoms with Gasteiger partial charge in [-0.1, -0.05) is 32.4 Å². The Labute approximate surface area is 151 Å². The van der Waals surface area contributed by atoms with E-state index in [4.69, 9.17) is 4.74 Å². The zero-order valence-corrected chi connectivity index (χ0v) is 15.9.